The van der Waals surface area contributed by atoms with Crippen molar-refractivity contribution in [3.8, 4) is 0 Å². The van der Waals surface area contributed by atoms with Crippen molar-refractivity contribution in [2.24, 2.45) is 0 Å². The third-order valence-electron chi connectivity index (χ3n) is 5.20. The van der Waals surface area contributed by atoms with E-state index in [4.69, 9.17) is 4.74 Å². The van der Waals surface area contributed by atoms with Gasteiger partial charge in [0.2, 0.25) is 5.91 Å². The monoisotopic (exact) mass is 377 g/mol. The molecule has 2 saturated heterocycles. The standard InChI is InChI=1S/C20H28FN3O3/c1-14-11-24(12-15(2)27-14)20(26)13-22-6-8-23(9-7-22)19-5-4-17(16(3)25)10-18(19)21/h4-5,10,14-15H,6-9,11-13H2,1-3H3. The first-order chi connectivity index (χ1) is 12.8. The Labute approximate surface area is 159 Å². The van der Waals surface area contributed by atoms with Gasteiger partial charge in [-0.2, -0.15) is 0 Å². The summed E-state index contributed by atoms with van der Waals surface area (Å²) < 4.78 is 20.0. The summed E-state index contributed by atoms with van der Waals surface area (Å²) in [5, 5.41) is 0. The van der Waals surface area contributed by atoms with Gasteiger partial charge in [-0.3, -0.25) is 14.5 Å². The van der Waals surface area contributed by atoms with Crippen molar-refractivity contribution >= 4 is 17.4 Å². The van der Waals surface area contributed by atoms with Crippen LogP contribution in [-0.4, -0.2) is 79.5 Å². The fourth-order valence-corrected chi connectivity index (χ4v) is 3.80. The van der Waals surface area contributed by atoms with E-state index in [9.17, 15) is 14.0 Å². The van der Waals surface area contributed by atoms with E-state index in [0.29, 0.717) is 57.1 Å². The molecule has 148 valence electrons. The van der Waals surface area contributed by atoms with Crippen molar-refractivity contribution in [1.82, 2.24) is 9.80 Å². The van der Waals surface area contributed by atoms with Crippen LogP contribution in [0.25, 0.3) is 0 Å². The number of hydrogen-bond acceptors (Lipinski definition) is 5. The molecule has 0 spiro atoms. The van der Waals surface area contributed by atoms with E-state index in [1.54, 1.807) is 12.1 Å². The molecule has 0 aromatic heterocycles. The van der Waals surface area contributed by atoms with Crippen molar-refractivity contribution in [3.63, 3.8) is 0 Å². The third-order valence-corrected chi connectivity index (χ3v) is 5.20. The number of halogens is 1. The number of carbonyl (C=O) groups is 2. The van der Waals surface area contributed by atoms with Crippen LogP contribution in [0, 0.1) is 5.82 Å². The summed E-state index contributed by atoms with van der Waals surface area (Å²) in [6.07, 6.45) is 0.131. The van der Waals surface area contributed by atoms with Gasteiger partial charge in [-0.05, 0) is 39.0 Å². The minimum atomic E-state index is -0.372. The summed E-state index contributed by atoms with van der Waals surface area (Å²) in [6, 6.07) is 4.63. The van der Waals surface area contributed by atoms with Crippen LogP contribution in [-0.2, 0) is 9.53 Å². The molecular weight excluding hydrogens is 349 g/mol. The fraction of sp³-hybridized carbons (Fsp3) is 0.600. The van der Waals surface area contributed by atoms with Gasteiger partial charge >= 0.3 is 0 Å². The molecule has 2 aliphatic heterocycles. The van der Waals surface area contributed by atoms with E-state index in [2.05, 4.69) is 4.90 Å². The zero-order valence-corrected chi connectivity index (χ0v) is 16.3. The quantitative estimate of drug-likeness (QED) is 0.749. The first kappa shape index (κ1) is 19.8. The smallest absolute Gasteiger partial charge is 0.236 e. The van der Waals surface area contributed by atoms with Gasteiger partial charge in [0.1, 0.15) is 5.82 Å². The van der Waals surface area contributed by atoms with E-state index in [-0.39, 0.29) is 29.7 Å². The summed E-state index contributed by atoms with van der Waals surface area (Å²) in [5.41, 5.74) is 0.899. The molecule has 6 nitrogen and oxygen atoms in total. The summed E-state index contributed by atoms with van der Waals surface area (Å²) in [4.78, 5) is 29.9. The maximum Gasteiger partial charge on any atom is 0.236 e. The van der Waals surface area contributed by atoms with Gasteiger partial charge in [0.25, 0.3) is 0 Å². The van der Waals surface area contributed by atoms with Crippen LogP contribution >= 0.6 is 0 Å². The molecule has 1 aromatic carbocycles. The highest BCUT2D eigenvalue weighted by Gasteiger charge is 2.28. The SMILES string of the molecule is CC(=O)c1ccc(N2CCN(CC(=O)N3CC(C)OC(C)C3)CC2)c(F)c1. The van der Waals surface area contributed by atoms with Crippen LogP contribution in [0.2, 0.25) is 0 Å². The van der Waals surface area contributed by atoms with Gasteiger partial charge in [0.15, 0.2) is 5.78 Å². The molecule has 3 rings (SSSR count). The number of nitrogens with zero attached hydrogens (tertiary/aromatic N) is 3. The second kappa shape index (κ2) is 8.35. The zero-order valence-electron chi connectivity index (χ0n) is 16.3. The van der Waals surface area contributed by atoms with E-state index >= 15 is 0 Å². The molecule has 7 heteroatoms. The number of ether oxygens (including phenoxy) is 1. The van der Waals surface area contributed by atoms with Gasteiger partial charge in [-0.1, -0.05) is 0 Å². The summed E-state index contributed by atoms with van der Waals surface area (Å²) in [7, 11) is 0. The molecule has 0 aliphatic carbocycles. The Morgan fingerprint density at radius 2 is 1.74 bits per heavy atom. The van der Waals surface area contributed by atoms with E-state index in [0.717, 1.165) is 0 Å². The summed E-state index contributed by atoms with van der Waals surface area (Å²) >= 11 is 0. The molecule has 0 radical (unpaired) electrons. The number of rotatable bonds is 4. The molecular formula is C20H28FN3O3. The van der Waals surface area contributed by atoms with Crippen molar-refractivity contribution < 1.29 is 18.7 Å². The van der Waals surface area contributed by atoms with Crippen molar-refractivity contribution in [3.05, 3.63) is 29.6 Å². The van der Waals surface area contributed by atoms with Gasteiger partial charge in [0.05, 0.1) is 24.4 Å². The Kier molecular flexibility index (Phi) is 6.11. The molecule has 27 heavy (non-hydrogen) atoms. The molecule has 2 heterocycles. The van der Waals surface area contributed by atoms with Crippen molar-refractivity contribution in [2.75, 3.05) is 50.7 Å². The first-order valence-corrected chi connectivity index (χ1v) is 9.54. The molecule has 1 amide bonds. The maximum absolute atomic E-state index is 14.3. The molecule has 0 N–H and O–H groups in total. The number of piperazine rings is 1. The lowest BCUT2D eigenvalue weighted by Crippen LogP contribution is -2.54. The van der Waals surface area contributed by atoms with Crippen LogP contribution in [0.15, 0.2) is 18.2 Å². The largest absolute Gasteiger partial charge is 0.372 e. The topological polar surface area (TPSA) is 53.1 Å². The Hall–Kier alpha value is -1.99. The molecule has 1 aromatic rings. The van der Waals surface area contributed by atoms with Gasteiger partial charge in [-0.25, -0.2) is 4.39 Å². The number of amides is 1. The Morgan fingerprint density at radius 1 is 1.11 bits per heavy atom. The number of ketones is 1. The molecule has 0 bridgehead atoms. The normalized spacial score (nSPS) is 24.1. The van der Waals surface area contributed by atoms with Crippen LogP contribution < -0.4 is 4.90 Å². The minimum Gasteiger partial charge on any atom is -0.372 e. The summed E-state index contributed by atoms with van der Waals surface area (Å²) in [5.74, 6) is -0.388. The van der Waals surface area contributed by atoms with Crippen LogP contribution in [0.3, 0.4) is 0 Å². The highest BCUT2D eigenvalue weighted by atomic mass is 19.1. The Morgan fingerprint density at radius 3 is 2.30 bits per heavy atom. The number of hydrogen-bond donors (Lipinski definition) is 0. The number of morpholine rings is 1. The molecule has 0 saturated carbocycles. The molecule has 2 fully saturated rings. The third kappa shape index (κ3) is 4.84. The summed E-state index contributed by atoms with van der Waals surface area (Å²) in [6.45, 7) is 9.78. The van der Waals surface area contributed by atoms with Gasteiger partial charge in [0, 0.05) is 44.8 Å². The second-order valence-corrected chi connectivity index (χ2v) is 7.54. The lowest BCUT2D eigenvalue weighted by molar-refractivity contribution is -0.144. The molecule has 2 aliphatic rings. The number of anilines is 1. The van der Waals surface area contributed by atoms with Crippen LogP contribution in [0.4, 0.5) is 10.1 Å². The predicted octanol–water partition coefficient (Wildman–Crippen LogP) is 1.79. The average Bonchev–Trinajstić information content (AvgIpc) is 2.61. The highest BCUT2D eigenvalue weighted by Crippen LogP contribution is 2.22. The lowest BCUT2D eigenvalue weighted by atomic mass is 10.1. The second-order valence-electron chi connectivity index (χ2n) is 7.54. The number of Topliss-reactive ketones (excluding diaryl/α,β-unsaturated/α-hetero) is 1. The van der Waals surface area contributed by atoms with Crippen LogP contribution in [0.1, 0.15) is 31.1 Å². The van der Waals surface area contributed by atoms with Gasteiger partial charge in [-0.15, -0.1) is 0 Å². The Bertz CT molecular complexity index is 694. The first-order valence-electron chi connectivity index (χ1n) is 9.54. The average molecular weight is 377 g/mol. The maximum atomic E-state index is 14.3. The number of benzene rings is 1. The van der Waals surface area contributed by atoms with E-state index < -0.39 is 0 Å². The van der Waals surface area contributed by atoms with Gasteiger partial charge < -0.3 is 14.5 Å². The molecule has 2 unspecified atom stereocenters. The fourth-order valence-electron chi connectivity index (χ4n) is 3.80. The highest BCUT2D eigenvalue weighted by molar-refractivity contribution is 5.94. The van der Waals surface area contributed by atoms with E-state index in [1.165, 1.54) is 13.0 Å². The minimum absolute atomic E-state index is 0.0653. The predicted molar refractivity (Wildman–Crippen MR) is 102 cm³/mol. The van der Waals surface area contributed by atoms with E-state index in [1.807, 2.05) is 23.6 Å². The van der Waals surface area contributed by atoms with Crippen molar-refractivity contribution in [1.29, 1.82) is 0 Å². The van der Waals surface area contributed by atoms with Crippen molar-refractivity contribution in [2.45, 2.75) is 33.0 Å². The van der Waals surface area contributed by atoms with Crippen LogP contribution in [0.5, 0.6) is 0 Å². The Balaban J connectivity index is 1.53. The zero-order chi connectivity index (χ0) is 19.6. The molecule has 2 atom stereocenters. The lowest BCUT2D eigenvalue weighted by Gasteiger charge is -2.39. The number of carbonyl (C=O) groups excluding carboxylic acids is 2.